The molecule has 1 aliphatic heterocycles. The third-order valence-corrected chi connectivity index (χ3v) is 4.55. The maximum absolute atomic E-state index is 12.1. The second kappa shape index (κ2) is 7.25. The van der Waals surface area contributed by atoms with Gasteiger partial charge in [-0.25, -0.2) is 0 Å². The van der Waals surface area contributed by atoms with Crippen LogP contribution < -0.4 is 10.1 Å². The fraction of sp³-hybridized carbons (Fsp3) is 0.444. The average molecular weight is 345 g/mol. The lowest BCUT2D eigenvalue weighted by Crippen LogP contribution is -2.45. The van der Waals surface area contributed by atoms with Gasteiger partial charge in [-0.05, 0) is 37.5 Å². The lowest BCUT2D eigenvalue weighted by atomic mass is 9.84. The van der Waals surface area contributed by atoms with Crippen molar-refractivity contribution in [2.45, 2.75) is 25.4 Å². The van der Waals surface area contributed by atoms with E-state index in [-0.39, 0.29) is 12.5 Å². The van der Waals surface area contributed by atoms with Crippen LogP contribution in [0, 0.1) is 6.92 Å². The highest BCUT2D eigenvalue weighted by Gasteiger charge is 2.34. The molecule has 0 bridgehead atoms. The van der Waals surface area contributed by atoms with E-state index in [1.807, 2.05) is 29.2 Å². The quantitative estimate of drug-likeness (QED) is 0.861. The van der Waals surface area contributed by atoms with Crippen molar-refractivity contribution in [3.63, 3.8) is 0 Å². The number of ether oxygens (including phenoxy) is 1. The normalized spacial score (nSPS) is 17.2. The zero-order valence-electron chi connectivity index (χ0n) is 14.5. The molecule has 3 rings (SSSR count). The first-order valence-electron chi connectivity index (χ1n) is 8.31. The predicted octanol–water partition coefficient (Wildman–Crippen LogP) is 1.91. The number of carbonyl (C=O) groups is 1. The molecule has 7 heteroatoms. The van der Waals surface area contributed by atoms with Crippen molar-refractivity contribution in [1.29, 1.82) is 0 Å². The summed E-state index contributed by atoms with van der Waals surface area (Å²) in [6.07, 6.45) is 1.13. The number of likely N-dealkylation sites (tertiary alicyclic amines) is 1. The molecule has 1 fully saturated rings. The van der Waals surface area contributed by atoms with Gasteiger partial charge in [-0.3, -0.25) is 9.69 Å². The number of anilines is 1. The number of aromatic nitrogens is 1. The number of hydrogen-bond acceptors (Lipinski definition) is 6. The molecule has 0 radical (unpaired) electrons. The molecule has 1 aromatic heterocycles. The van der Waals surface area contributed by atoms with Crippen LogP contribution in [0.2, 0.25) is 0 Å². The SMILES string of the molecule is COc1cccc(C2(O)CCN(CC(=O)Nc3cc(C)on3)CC2)c1. The van der Waals surface area contributed by atoms with Crippen LogP contribution in [0.1, 0.15) is 24.2 Å². The van der Waals surface area contributed by atoms with Crippen LogP contribution >= 0.6 is 0 Å². The lowest BCUT2D eigenvalue weighted by Gasteiger charge is -2.38. The molecule has 0 saturated carbocycles. The van der Waals surface area contributed by atoms with Gasteiger partial charge in [0.25, 0.3) is 0 Å². The van der Waals surface area contributed by atoms with Crippen LogP contribution in [0.25, 0.3) is 0 Å². The largest absolute Gasteiger partial charge is 0.497 e. The van der Waals surface area contributed by atoms with Gasteiger partial charge in [0.2, 0.25) is 5.91 Å². The number of hydrogen-bond donors (Lipinski definition) is 2. The minimum Gasteiger partial charge on any atom is -0.497 e. The average Bonchev–Trinajstić information content (AvgIpc) is 3.02. The second-order valence-corrected chi connectivity index (χ2v) is 6.41. The minimum atomic E-state index is -0.884. The summed E-state index contributed by atoms with van der Waals surface area (Å²) in [5.74, 6) is 1.67. The molecule has 2 aromatic rings. The molecule has 1 aromatic carbocycles. The van der Waals surface area contributed by atoms with E-state index in [2.05, 4.69) is 10.5 Å². The van der Waals surface area contributed by atoms with Gasteiger partial charge in [0.1, 0.15) is 11.5 Å². The zero-order valence-corrected chi connectivity index (χ0v) is 14.5. The van der Waals surface area contributed by atoms with Gasteiger partial charge in [0.15, 0.2) is 5.82 Å². The Morgan fingerprint density at radius 2 is 2.16 bits per heavy atom. The molecule has 25 heavy (non-hydrogen) atoms. The zero-order chi connectivity index (χ0) is 17.9. The van der Waals surface area contributed by atoms with Crippen molar-refractivity contribution in [2.24, 2.45) is 0 Å². The smallest absolute Gasteiger partial charge is 0.239 e. The van der Waals surface area contributed by atoms with Gasteiger partial charge in [0.05, 0.1) is 19.3 Å². The summed E-state index contributed by atoms with van der Waals surface area (Å²) >= 11 is 0. The first-order chi connectivity index (χ1) is 12.0. The van der Waals surface area contributed by atoms with E-state index in [4.69, 9.17) is 9.26 Å². The highest BCUT2D eigenvalue weighted by atomic mass is 16.5. The number of piperidine rings is 1. The topological polar surface area (TPSA) is 87.8 Å². The standard InChI is InChI=1S/C18H23N3O4/c1-13-10-16(20-25-13)19-17(22)12-21-8-6-18(23,7-9-21)14-4-3-5-15(11-14)24-2/h3-5,10-11,23H,6-9,12H2,1-2H3,(H,19,20,22). The summed E-state index contributed by atoms with van der Waals surface area (Å²) < 4.78 is 10.2. The van der Waals surface area contributed by atoms with Crippen molar-refractivity contribution in [2.75, 3.05) is 32.1 Å². The summed E-state index contributed by atoms with van der Waals surface area (Å²) in [4.78, 5) is 14.1. The first-order valence-corrected chi connectivity index (χ1v) is 8.31. The molecule has 1 amide bonds. The third-order valence-electron chi connectivity index (χ3n) is 4.55. The van der Waals surface area contributed by atoms with Crippen LogP contribution in [0.3, 0.4) is 0 Å². The van der Waals surface area contributed by atoms with E-state index in [0.29, 0.717) is 37.5 Å². The molecule has 1 aliphatic rings. The van der Waals surface area contributed by atoms with Crippen molar-refractivity contribution in [1.82, 2.24) is 10.1 Å². The van der Waals surface area contributed by atoms with Crippen LogP contribution in [-0.4, -0.2) is 47.8 Å². The second-order valence-electron chi connectivity index (χ2n) is 6.41. The van der Waals surface area contributed by atoms with E-state index in [1.54, 1.807) is 20.1 Å². The first kappa shape index (κ1) is 17.4. The van der Waals surface area contributed by atoms with Gasteiger partial charge < -0.3 is 19.7 Å². The van der Waals surface area contributed by atoms with Crippen molar-refractivity contribution < 1.29 is 19.2 Å². The molecule has 0 spiro atoms. The van der Waals surface area contributed by atoms with Gasteiger partial charge in [-0.2, -0.15) is 0 Å². The highest BCUT2D eigenvalue weighted by Crippen LogP contribution is 2.34. The fourth-order valence-corrected chi connectivity index (χ4v) is 3.09. The lowest BCUT2D eigenvalue weighted by molar-refractivity contribution is -0.118. The summed E-state index contributed by atoms with van der Waals surface area (Å²) in [5.41, 5.74) is -0.0286. The molecule has 0 aliphatic carbocycles. The molecule has 1 saturated heterocycles. The van der Waals surface area contributed by atoms with E-state index in [1.165, 1.54) is 0 Å². The Labute approximate surface area is 146 Å². The van der Waals surface area contributed by atoms with Crippen molar-refractivity contribution in [3.8, 4) is 5.75 Å². The number of aryl methyl sites for hydroxylation is 1. The van der Waals surface area contributed by atoms with Gasteiger partial charge in [0, 0.05) is 19.2 Å². The molecular formula is C18H23N3O4. The van der Waals surface area contributed by atoms with Gasteiger partial charge in [-0.1, -0.05) is 17.3 Å². The Balaban J connectivity index is 1.54. The van der Waals surface area contributed by atoms with Crippen LogP contribution in [0.15, 0.2) is 34.9 Å². The maximum Gasteiger partial charge on any atom is 0.239 e. The van der Waals surface area contributed by atoms with Gasteiger partial charge >= 0.3 is 0 Å². The molecule has 2 N–H and O–H groups in total. The van der Waals surface area contributed by atoms with E-state index in [0.717, 1.165) is 11.3 Å². The molecule has 134 valence electrons. The highest BCUT2D eigenvalue weighted by molar-refractivity contribution is 5.91. The molecule has 7 nitrogen and oxygen atoms in total. The number of nitrogens with zero attached hydrogens (tertiary/aromatic N) is 2. The predicted molar refractivity (Wildman–Crippen MR) is 92.4 cm³/mol. The van der Waals surface area contributed by atoms with Crippen LogP contribution in [0.4, 0.5) is 5.82 Å². The van der Waals surface area contributed by atoms with Crippen LogP contribution in [0.5, 0.6) is 5.75 Å². The molecule has 0 unspecified atom stereocenters. The number of rotatable bonds is 5. The Bertz CT molecular complexity index is 735. The Kier molecular flexibility index (Phi) is 5.06. The minimum absolute atomic E-state index is 0.139. The van der Waals surface area contributed by atoms with E-state index >= 15 is 0 Å². The molecule has 0 atom stereocenters. The van der Waals surface area contributed by atoms with E-state index < -0.39 is 5.60 Å². The monoisotopic (exact) mass is 345 g/mol. The fourth-order valence-electron chi connectivity index (χ4n) is 3.09. The summed E-state index contributed by atoms with van der Waals surface area (Å²) in [6, 6.07) is 9.20. The number of benzene rings is 1. The summed E-state index contributed by atoms with van der Waals surface area (Å²) in [5, 5.41) is 17.4. The maximum atomic E-state index is 12.1. The number of methoxy groups -OCH3 is 1. The molecule has 2 heterocycles. The summed E-state index contributed by atoms with van der Waals surface area (Å²) in [7, 11) is 1.61. The number of carbonyl (C=O) groups excluding carboxylic acids is 1. The van der Waals surface area contributed by atoms with E-state index in [9.17, 15) is 9.90 Å². The number of nitrogens with one attached hydrogen (secondary N) is 1. The van der Waals surface area contributed by atoms with Gasteiger partial charge in [-0.15, -0.1) is 0 Å². The number of amides is 1. The Hall–Kier alpha value is -2.38. The van der Waals surface area contributed by atoms with Crippen molar-refractivity contribution in [3.05, 3.63) is 41.7 Å². The van der Waals surface area contributed by atoms with Crippen molar-refractivity contribution >= 4 is 11.7 Å². The summed E-state index contributed by atoms with van der Waals surface area (Å²) in [6.45, 7) is 3.31. The van der Waals surface area contributed by atoms with Crippen LogP contribution in [-0.2, 0) is 10.4 Å². The molecular weight excluding hydrogens is 322 g/mol. The Morgan fingerprint density at radius 1 is 1.40 bits per heavy atom. The Morgan fingerprint density at radius 3 is 2.80 bits per heavy atom. The number of aliphatic hydroxyl groups is 1. The third kappa shape index (κ3) is 4.18.